The Morgan fingerprint density at radius 1 is 1.10 bits per heavy atom. The molecular formula is C16H25NO4. The maximum atomic E-state index is 12.7. The maximum Gasteiger partial charge on any atom is 0.254 e. The number of hydrogen-bond acceptors (Lipinski definition) is 4. The summed E-state index contributed by atoms with van der Waals surface area (Å²) in [7, 11) is 6.40. The van der Waals surface area contributed by atoms with Gasteiger partial charge in [-0.3, -0.25) is 4.79 Å². The molecule has 0 aromatic heterocycles. The summed E-state index contributed by atoms with van der Waals surface area (Å²) < 4.78 is 15.8. The first-order valence-electron chi connectivity index (χ1n) is 6.90. The number of hydrogen-bond donors (Lipinski definition) is 0. The molecule has 0 aliphatic carbocycles. The first-order valence-corrected chi connectivity index (χ1v) is 6.90. The van der Waals surface area contributed by atoms with Crippen LogP contribution < -0.4 is 14.2 Å². The van der Waals surface area contributed by atoms with E-state index in [1.807, 2.05) is 13.8 Å². The predicted octanol–water partition coefficient (Wildman–Crippen LogP) is 2.97. The molecule has 0 saturated heterocycles. The summed E-state index contributed by atoms with van der Waals surface area (Å²) in [6.07, 6.45) is 0.861. The van der Waals surface area contributed by atoms with Gasteiger partial charge in [0.2, 0.25) is 5.75 Å². The summed E-state index contributed by atoms with van der Waals surface area (Å²) in [4.78, 5) is 14.4. The highest BCUT2D eigenvalue weighted by atomic mass is 16.5. The number of rotatable bonds is 6. The van der Waals surface area contributed by atoms with Crippen molar-refractivity contribution in [3.05, 3.63) is 17.7 Å². The fourth-order valence-electron chi connectivity index (χ4n) is 1.91. The van der Waals surface area contributed by atoms with Crippen molar-refractivity contribution >= 4 is 5.91 Å². The van der Waals surface area contributed by atoms with E-state index < -0.39 is 0 Å². The molecule has 118 valence electrons. The second-order valence-electron chi connectivity index (χ2n) is 5.44. The molecule has 0 atom stereocenters. The van der Waals surface area contributed by atoms with Crippen LogP contribution in [0, 0.1) is 0 Å². The fourth-order valence-corrected chi connectivity index (χ4v) is 1.91. The minimum absolute atomic E-state index is 0.0823. The van der Waals surface area contributed by atoms with Crippen LogP contribution in [0.1, 0.15) is 37.6 Å². The predicted molar refractivity (Wildman–Crippen MR) is 82.6 cm³/mol. The second kappa shape index (κ2) is 6.70. The van der Waals surface area contributed by atoms with E-state index in [1.165, 1.54) is 21.3 Å². The third kappa shape index (κ3) is 3.40. The standard InChI is InChI=1S/C16H25NO4/c1-8-16(2,3)17(4)15(18)11-9-12(19-5)14(21-7)13(10-11)20-6/h9-10H,8H2,1-7H3. The molecule has 0 spiro atoms. The van der Waals surface area contributed by atoms with E-state index in [-0.39, 0.29) is 11.4 Å². The highest BCUT2D eigenvalue weighted by Crippen LogP contribution is 2.38. The van der Waals surface area contributed by atoms with Crippen LogP contribution in [0.3, 0.4) is 0 Å². The summed E-state index contributed by atoms with van der Waals surface area (Å²) in [5.41, 5.74) is 0.283. The van der Waals surface area contributed by atoms with Gasteiger partial charge in [-0.25, -0.2) is 0 Å². The Balaban J connectivity index is 3.28. The number of ether oxygens (including phenoxy) is 3. The van der Waals surface area contributed by atoms with E-state index >= 15 is 0 Å². The first kappa shape index (κ1) is 17.1. The van der Waals surface area contributed by atoms with Gasteiger partial charge in [-0.2, -0.15) is 0 Å². The lowest BCUT2D eigenvalue weighted by molar-refractivity contribution is 0.0619. The van der Waals surface area contributed by atoms with E-state index in [0.29, 0.717) is 22.8 Å². The van der Waals surface area contributed by atoms with Gasteiger partial charge in [0.1, 0.15) is 0 Å². The molecular weight excluding hydrogens is 270 g/mol. The summed E-state index contributed by atoms with van der Waals surface area (Å²) in [6.45, 7) is 6.12. The Bertz CT molecular complexity index is 486. The lowest BCUT2D eigenvalue weighted by Crippen LogP contribution is -2.44. The van der Waals surface area contributed by atoms with E-state index in [1.54, 1.807) is 24.1 Å². The molecule has 0 N–H and O–H groups in total. The van der Waals surface area contributed by atoms with Gasteiger partial charge in [-0.1, -0.05) is 6.92 Å². The van der Waals surface area contributed by atoms with E-state index in [0.717, 1.165) is 6.42 Å². The second-order valence-corrected chi connectivity index (χ2v) is 5.44. The molecule has 1 rings (SSSR count). The van der Waals surface area contributed by atoms with Gasteiger partial charge < -0.3 is 19.1 Å². The molecule has 1 aromatic carbocycles. The highest BCUT2D eigenvalue weighted by molar-refractivity contribution is 5.96. The number of benzene rings is 1. The van der Waals surface area contributed by atoms with E-state index in [4.69, 9.17) is 14.2 Å². The zero-order valence-corrected chi connectivity index (χ0v) is 13.9. The van der Waals surface area contributed by atoms with Crippen LogP contribution in [0.25, 0.3) is 0 Å². The molecule has 21 heavy (non-hydrogen) atoms. The Kier molecular flexibility index (Phi) is 5.47. The van der Waals surface area contributed by atoms with Crippen molar-refractivity contribution in [3.63, 3.8) is 0 Å². The maximum absolute atomic E-state index is 12.7. The zero-order valence-electron chi connectivity index (χ0n) is 13.9. The van der Waals surface area contributed by atoms with Crippen molar-refractivity contribution in [2.45, 2.75) is 32.7 Å². The minimum Gasteiger partial charge on any atom is -0.493 e. The highest BCUT2D eigenvalue weighted by Gasteiger charge is 2.28. The molecule has 1 aromatic rings. The van der Waals surface area contributed by atoms with Crippen molar-refractivity contribution in [1.29, 1.82) is 0 Å². The number of carbonyl (C=O) groups is 1. The molecule has 0 unspecified atom stereocenters. The smallest absolute Gasteiger partial charge is 0.254 e. The fraction of sp³-hybridized carbons (Fsp3) is 0.562. The van der Waals surface area contributed by atoms with Crippen molar-refractivity contribution in [3.8, 4) is 17.2 Å². The number of carbonyl (C=O) groups excluding carboxylic acids is 1. The first-order chi connectivity index (χ1) is 9.82. The average Bonchev–Trinajstić information content (AvgIpc) is 2.51. The lowest BCUT2D eigenvalue weighted by Gasteiger charge is -2.35. The van der Waals surface area contributed by atoms with Gasteiger partial charge in [-0.05, 0) is 32.4 Å². The molecule has 1 amide bonds. The molecule has 5 heteroatoms. The van der Waals surface area contributed by atoms with Crippen molar-refractivity contribution in [2.24, 2.45) is 0 Å². The molecule has 5 nitrogen and oxygen atoms in total. The Morgan fingerprint density at radius 2 is 1.57 bits per heavy atom. The van der Waals surface area contributed by atoms with Crippen molar-refractivity contribution < 1.29 is 19.0 Å². The Hall–Kier alpha value is -1.91. The van der Waals surface area contributed by atoms with Crippen LogP contribution in [0.5, 0.6) is 17.2 Å². The van der Waals surface area contributed by atoms with Crippen molar-refractivity contribution in [2.75, 3.05) is 28.4 Å². The monoisotopic (exact) mass is 295 g/mol. The zero-order chi connectivity index (χ0) is 16.2. The van der Waals surface area contributed by atoms with Gasteiger partial charge in [0.05, 0.1) is 21.3 Å². The normalized spacial score (nSPS) is 11.0. The Morgan fingerprint density at radius 3 is 1.90 bits per heavy atom. The molecule has 0 bridgehead atoms. The molecule has 0 aliphatic rings. The average molecular weight is 295 g/mol. The van der Waals surface area contributed by atoms with Crippen molar-refractivity contribution in [1.82, 2.24) is 4.90 Å². The lowest BCUT2D eigenvalue weighted by atomic mass is 9.98. The van der Waals surface area contributed by atoms with Crippen LogP contribution >= 0.6 is 0 Å². The van der Waals surface area contributed by atoms with Gasteiger partial charge in [0.15, 0.2) is 11.5 Å². The van der Waals surface area contributed by atoms with Gasteiger partial charge >= 0.3 is 0 Å². The molecule has 0 aliphatic heterocycles. The minimum atomic E-state index is -0.225. The molecule has 0 heterocycles. The Labute approximate surface area is 126 Å². The van der Waals surface area contributed by atoms with Crippen LogP contribution in [-0.4, -0.2) is 44.7 Å². The molecule has 0 saturated carbocycles. The largest absolute Gasteiger partial charge is 0.493 e. The quantitative estimate of drug-likeness (QED) is 0.809. The number of nitrogens with zero attached hydrogens (tertiary/aromatic N) is 1. The van der Waals surface area contributed by atoms with E-state index in [2.05, 4.69) is 6.92 Å². The number of methoxy groups -OCH3 is 3. The third-order valence-corrected chi connectivity index (χ3v) is 3.99. The third-order valence-electron chi connectivity index (χ3n) is 3.99. The van der Waals surface area contributed by atoms with Crippen LogP contribution in [0.15, 0.2) is 12.1 Å². The van der Waals surface area contributed by atoms with Crippen LogP contribution in [0.2, 0.25) is 0 Å². The van der Waals surface area contributed by atoms with Gasteiger partial charge in [0.25, 0.3) is 5.91 Å². The van der Waals surface area contributed by atoms with Crippen LogP contribution in [-0.2, 0) is 0 Å². The number of amides is 1. The van der Waals surface area contributed by atoms with Gasteiger partial charge in [-0.15, -0.1) is 0 Å². The SMILES string of the molecule is CCC(C)(C)N(C)C(=O)c1cc(OC)c(OC)c(OC)c1. The van der Waals surface area contributed by atoms with E-state index in [9.17, 15) is 4.79 Å². The summed E-state index contributed by atoms with van der Waals surface area (Å²) in [6, 6.07) is 3.35. The summed E-state index contributed by atoms with van der Waals surface area (Å²) >= 11 is 0. The topological polar surface area (TPSA) is 48.0 Å². The summed E-state index contributed by atoms with van der Waals surface area (Å²) in [5.74, 6) is 1.35. The van der Waals surface area contributed by atoms with Gasteiger partial charge in [0, 0.05) is 18.2 Å². The molecule has 0 radical (unpaired) electrons. The summed E-state index contributed by atoms with van der Waals surface area (Å²) in [5, 5.41) is 0. The van der Waals surface area contributed by atoms with Crippen LogP contribution in [0.4, 0.5) is 0 Å². The molecule has 0 fully saturated rings.